The Morgan fingerprint density at radius 2 is 2.08 bits per heavy atom. The topological polar surface area (TPSA) is 63.2 Å². The third-order valence-corrected chi connectivity index (χ3v) is 5.01. The number of carbonyl (C=O) groups is 1. The standard InChI is InChI=1S/C17H21Cl2N3O3/c18-13-3-2-12(10-14(13)19)15-11-16(25-21-15)17(23)20-4-1-5-22-6-8-24-9-7-22/h2-3,10,16H,1,4-9,11H2,(H,20,23)/t16-/m1/s1. The molecule has 1 atom stereocenters. The molecule has 0 aromatic heterocycles. The fourth-order valence-corrected chi connectivity index (χ4v) is 3.12. The molecule has 1 aromatic carbocycles. The highest BCUT2D eigenvalue weighted by molar-refractivity contribution is 6.42. The van der Waals surface area contributed by atoms with Gasteiger partial charge in [0.1, 0.15) is 0 Å². The number of nitrogens with one attached hydrogen (secondary N) is 1. The van der Waals surface area contributed by atoms with Crippen molar-refractivity contribution in [3.8, 4) is 0 Å². The summed E-state index contributed by atoms with van der Waals surface area (Å²) in [5.41, 5.74) is 1.52. The molecule has 1 fully saturated rings. The summed E-state index contributed by atoms with van der Waals surface area (Å²) in [5, 5.41) is 7.87. The Bertz CT molecular complexity index is 648. The van der Waals surface area contributed by atoms with Crippen LogP contribution >= 0.6 is 23.2 Å². The second-order valence-electron chi connectivity index (χ2n) is 6.06. The Labute approximate surface area is 157 Å². The number of carbonyl (C=O) groups excluding carboxylic acids is 1. The second-order valence-corrected chi connectivity index (χ2v) is 6.88. The van der Waals surface area contributed by atoms with E-state index in [-0.39, 0.29) is 5.91 Å². The lowest BCUT2D eigenvalue weighted by atomic mass is 10.0. The van der Waals surface area contributed by atoms with E-state index in [2.05, 4.69) is 15.4 Å². The van der Waals surface area contributed by atoms with Crippen LogP contribution in [0.1, 0.15) is 18.4 Å². The summed E-state index contributed by atoms with van der Waals surface area (Å²) in [7, 11) is 0. The fourth-order valence-electron chi connectivity index (χ4n) is 2.82. The van der Waals surface area contributed by atoms with Crippen molar-refractivity contribution in [2.24, 2.45) is 5.16 Å². The summed E-state index contributed by atoms with van der Waals surface area (Å²) in [4.78, 5) is 19.8. The van der Waals surface area contributed by atoms with E-state index in [1.807, 2.05) is 6.07 Å². The van der Waals surface area contributed by atoms with Gasteiger partial charge in [0.05, 0.1) is 29.0 Å². The fraction of sp³-hybridized carbons (Fsp3) is 0.529. The molecule has 0 radical (unpaired) electrons. The zero-order valence-electron chi connectivity index (χ0n) is 13.8. The molecule has 136 valence electrons. The van der Waals surface area contributed by atoms with E-state index in [0.29, 0.717) is 28.7 Å². The van der Waals surface area contributed by atoms with Crippen LogP contribution in [0.4, 0.5) is 0 Å². The van der Waals surface area contributed by atoms with Crippen LogP contribution in [-0.2, 0) is 14.4 Å². The number of nitrogens with zero attached hydrogens (tertiary/aromatic N) is 2. The molecule has 0 aliphatic carbocycles. The molecule has 2 aliphatic heterocycles. The Kier molecular flexibility index (Phi) is 6.53. The first-order chi connectivity index (χ1) is 12.1. The van der Waals surface area contributed by atoms with E-state index >= 15 is 0 Å². The van der Waals surface area contributed by atoms with Gasteiger partial charge in [-0.15, -0.1) is 0 Å². The minimum absolute atomic E-state index is 0.138. The molecule has 1 N–H and O–H groups in total. The largest absolute Gasteiger partial charge is 0.382 e. The molecule has 0 bridgehead atoms. The Balaban J connectivity index is 1.40. The van der Waals surface area contributed by atoms with Gasteiger partial charge in [-0.1, -0.05) is 34.4 Å². The molecule has 3 rings (SSSR count). The van der Waals surface area contributed by atoms with E-state index in [1.165, 1.54) is 0 Å². The van der Waals surface area contributed by atoms with Crippen LogP contribution in [0.5, 0.6) is 0 Å². The highest BCUT2D eigenvalue weighted by Crippen LogP contribution is 2.25. The molecule has 0 unspecified atom stereocenters. The van der Waals surface area contributed by atoms with Crippen LogP contribution in [0.2, 0.25) is 10.0 Å². The van der Waals surface area contributed by atoms with E-state index in [0.717, 1.165) is 44.8 Å². The summed E-state index contributed by atoms with van der Waals surface area (Å²) in [6.45, 7) is 5.08. The van der Waals surface area contributed by atoms with Crippen molar-refractivity contribution in [1.82, 2.24) is 10.2 Å². The summed E-state index contributed by atoms with van der Waals surface area (Å²) < 4.78 is 5.32. The van der Waals surface area contributed by atoms with Crippen molar-refractivity contribution >= 4 is 34.8 Å². The predicted octanol–water partition coefficient (Wildman–Crippen LogP) is 2.32. The molecule has 2 aliphatic rings. The first-order valence-electron chi connectivity index (χ1n) is 8.39. The summed E-state index contributed by atoms with van der Waals surface area (Å²) in [5.74, 6) is -0.138. The van der Waals surface area contributed by atoms with Crippen LogP contribution in [-0.4, -0.2) is 62.0 Å². The zero-order chi connectivity index (χ0) is 17.6. The molecule has 6 nitrogen and oxygen atoms in total. The van der Waals surface area contributed by atoms with E-state index in [9.17, 15) is 4.79 Å². The van der Waals surface area contributed by atoms with E-state index in [4.69, 9.17) is 32.8 Å². The third kappa shape index (κ3) is 5.07. The maximum absolute atomic E-state index is 12.2. The minimum atomic E-state index is -0.590. The smallest absolute Gasteiger partial charge is 0.264 e. The van der Waals surface area contributed by atoms with Crippen LogP contribution in [0, 0.1) is 0 Å². The number of oxime groups is 1. The number of halogens is 2. The van der Waals surface area contributed by atoms with Gasteiger partial charge in [0.2, 0.25) is 6.10 Å². The number of hydrogen-bond donors (Lipinski definition) is 1. The highest BCUT2D eigenvalue weighted by atomic mass is 35.5. The number of rotatable bonds is 6. The maximum atomic E-state index is 12.2. The van der Waals surface area contributed by atoms with E-state index < -0.39 is 6.10 Å². The minimum Gasteiger partial charge on any atom is -0.382 e. The van der Waals surface area contributed by atoms with Gasteiger partial charge in [-0.3, -0.25) is 9.69 Å². The molecule has 1 saturated heterocycles. The van der Waals surface area contributed by atoms with Gasteiger partial charge in [0, 0.05) is 31.6 Å². The average Bonchev–Trinajstić information content (AvgIpc) is 3.12. The van der Waals surface area contributed by atoms with Crippen molar-refractivity contribution in [2.75, 3.05) is 39.4 Å². The monoisotopic (exact) mass is 385 g/mol. The molecule has 25 heavy (non-hydrogen) atoms. The lowest BCUT2D eigenvalue weighted by molar-refractivity contribution is -0.131. The lowest BCUT2D eigenvalue weighted by Crippen LogP contribution is -2.39. The Hall–Kier alpha value is -1.34. The summed E-state index contributed by atoms with van der Waals surface area (Å²) >= 11 is 11.9. The van der Waals surface area contributed by atoms with Crippen LogP contribution in [0.15, 0.2) is 23.4 Å². The zero-order valence-corrected chi connectivity index (χ0v) is 15.4. The Morgan fingerprint density at radius 1 is 1.28 bits per heavy atom. The quantitative estimate of drug-likeness (QED) is 0.763. The third-order valence-electron chi connectivity index (χ3n) is 4.27. The van der Waals surface area contributed by atoms with Crippen molar-refractivity contribution in [3.05, 3.63) is 33.8 Å². The van der Waals surface area contributed by atoms with Gasteiger partial charge in [-0.05, 0) is 25.1 Å². The van der Waals surface area contributed by atoms with Crippen LogP contribution in [0.3, 0.4) is 0 Å². The first kappa shape index (κ1) is 18.5. The molecule has 1 amide bonds. The maximum Gasteiger partial charge on any atom is 0.264 e. The molecule has 2 heterocycles. The molecule has 8 heteroatoms. The van der Waals surface area contributed by atoms with Gasteiger partial charge in [0.25, 0.3) is 5.91 Å². The number of hydrogen-bond acceptors (Lipinski definition) is 5. The number of benzene rings is 1. The molecule has 0 spiro atoms. The molecule has 0 saturated carbocycles. The lowest BCUT2D eigenvalue weighted by Gasteiger charge is -2.26. The van der Waals surface area contributed by atoms with Crippen molar-refractivity contribution in [2.45, 2.75) is 18.9 Å². The molecule has 1 aromatic rings. The average molecular weight is 386 g/mol. The summed E-state index contributed by atoms with van der Waals surface area (Å²) in [6, 6.07) is 5.26. The van der Waals surface area contributed by atoms with Crippen LogP contribution < -0.4 is 5.32 Å². The van der Waals surface area contributed by atoms with Crippen molar-refractivity contribution in [1.29, 1.82) is 0 Å². The predicted molar refractivity (Wildman–Crippen MR) is 97.4 cm³/mol. The first-order valence-corrected chi connectivity index (χ1v) is 9.15. The van der Waals surface area contributed by atoms with Gasteiger partial charge < -0.3 is 14.9 Å². The van der Waals surface area contributed by atoms with Crippen molar-refractivity contribution in [3.63, 3.8) is 0 Å². The number of amides is 1. The summed E-state index contributed by atoms with van der Waals surface area (Å²) in [6.07, 6.45) is 0.736. The SMILES string of the molecule is O=C(NCCCN1CCOCC1)[C@H]1CC(c2ccc(Cl)c(Cl)c2)=NO1. The van der Waals surface area contributed by atoms with Gasteiger partial charge in [-0.25, -0.2) is 0 Å². The van der Waals surface area contributed by atoms with Crippen molar-refractivity contribution < 1.29 is 14.4 Å². The molecular weight excluding hydrogens is 365 g/mol. The number of ether oxygens (including phenoxy) is 1. The highest BCUT2D eigenvalue weighted by Gasteiger charge is 2.28. The van der Waals surface area contributed by atoms with Crippen LogP contribution in [0.25, 0.3) is 0 Å². The second kappa shape index (κ2) is 8.85. The number of morpholine rings is 1. The Morgan fingerprint density at radius 3 is 2.84 bits per heavy atom. The van der Waals surface area contributed by atoms with Gasteiger partial charge in [-0.2, -0.15) is 0 Å². The van der Waals surface area contributed by atoms with Gasteiger partial charge in [0.15, 0.2) is 0 Å². The van der Waals surface area contributed by atoms with E-state index in [1.54, 1.807) is 12.1 Å². The molecular formula is C17H21Cl2N3O3. The van der Waals surface area contributed by atoms with Gasteiger partial charge >= 0.3 is 0 Å². The normalized spacial score (nSPS) is 20.9.